The quantitative estimate of drug-likeness (QED) is 0.711. The van der Waals surface area contributed by atoms with Crippen molar-refractivity contribution in [1.29, 1.82) is 0 Å². The van der Waals surface area contributed by atoms with E-state index in [1.165, 1.54) is 7.11 Å². The average Bonchev–Trinajstić information content (AvgIpc) is 2.25. The molecule has 0 amide bonds. The van der Waals surface area contributed by atoms with E-state index in [-0.39, 0.29) is 6.04 Å². The highest BCUT2D eigenvalue weighted by molar-refractivity contribution is 5.94. The Kier molecular flexibility index (Phi) is 4.05. The number of hydrogen-bond donors (Lipinski definition) is 2. The van der Waals surface area contributed by atoms with Gasteiger partial charge in [0.05, 0.1) is 7.11 Å². The second-order valence-corrected chi connectivity index (χ2v) is 3.25. The summed E-state index contributed by atoms with van der Waals surface area (Å²) in [5, 5.41) is 2.99. The van der Waals surface area contributed by atoms with E-state index in [0.29, 0.717) is 17.9 Å². The van der Waals surface area contributed by atoms with Gasteiger partial charge in [-0.05, 0) is 19.1 Å². The Labute approximate surface area is 88.6 Å². The molecule has 0 aromatic carbocycles. The van der Waals surface area contributed by atoms with Crippen LogP contribution in [0.5, 0.6) is 0 Å². The van der Waals surface area contributed by atoms with Crippen molar-refractivity contribution in [1.82, 2.24) is 4.98 Å². The zero-order chi connectivity index (χ0) is 11.3. The smallest absolute Gasteiger partial charge is 0.341 e. The van der Waals surface area contributed by atoms with Crippen molar-refractivity contribution < 1.29 is 9.53 Å². The minimum Gasteiger partial charge on any atom is -0.465 e. The summed E-state index contributed by atoms with van der Waals surface area (Å²) in [6, 6.07) is 3.34. The normalized spacial score (nSPS) is 11.9. The zero-order valence-electron chi connectivity index (χ0n) is 8.86. The molecule has 1 rings (SSSR count). The molecule has 1 aromatic heterocycles. The third-order valence-corrected chi connectivity index (χ3v) is 1.80. The van der Waals surface area contributed by atoms with Crippen molar-refractivity contribution in [2.75, 3.05) is 19.0 Å². The van der Waals surface area contributed by atoms with Crippen molar-refractivity contribution in [3.05, 3.63) is 23.9 Å². The topological polar surface area (TPSA) is 77.2 Å². The molecule has 0 spiro atoms. The highest BCUT2D eigenvalue weighted by Gasteiger charge is 2.11. The predicted molar refractivity (Wildman–Crippen MR) is 57.7 cm³/mol. The molecule has 0 aliphatic rings. The minimum atomic E-state index is -0.407. The molecule has 82 valence electrons. The molecular weight excluding hydrogens is 194 g/mol. The lowest BCUT2D eigenvalue weighted by molar-refractivity contribution is 0.0601. The maximum atomic E-state index is 11.3. The summed E-state index contributed by atoms with van der Waals surface area (Å²) in [5.41, 5.74) is 6.01. The highest BCUT2D eigenvalue weighted by atomic mass is 16.5. The third-order valence-electron chi connectivity index (χ3n) is 1.80. The molecule has 5 nitrogen and oxygen atoms in total. The SMILES string of the molecule is COC(=O)c1cccnc1NCC(C)N. The number of nitrogens with zero attached hydrogens (tertiary/aromatic N) is 1. The number of methoxy groups -OCH3 is 1. The van der Waals surface area contributed by atoms with Gasteiger partial charge in [-0.25, -0.2) is 9.78 Å². The van der Waals surface area contributed by atoms with E-state index < -0.39 is 5.97 Å². The summed E-state index contributed by atoms with van der Waals surface area (Å²) in [6.45, 7) is 2.43. The van der Waals surface area contributed by atoms with E-state index in [0.717, 1.165) is 0 Å². The van der Waals surface area contributed by atoms with Crippen molar-refractivity contribution in [2.24, 2.45) is 5.73 Å². The Morgan fingerprint density at radius 3 is 3.07 bits per heavy atom. The van der Waals surface area contributed by atoms with Crippen LogP contribution in [0.25, 0.3) is 0 Å². The molecule has 15 heavy (non-hydrogen) atoms. The zero-order valence-corrected chi connectivity index (χ0v) is 8.86. The maximum Gasteiger partial charge on any atom is 0.341 e. The highest BCUT2D eigenvalue weighted by Crippen LogP contribution is 2.12. The van der Waals surface area contributed by atoms with Crippen LogP contribution in [0.3, 0.4) is 0 Å². The molecule has 0 radical (unpaired) electrons. The second-order valence-electron chi connectivity index (χ2n) is 3.25. The molecule has 1 heterocycles. The van der Waals surface area contributed by atoms with Crippen molar-refractivity contribution >= 4 is 11.8 Å². The predicted octanol–water partition coefficient (Wildman–Crippen LogP) is 0.627. The van der Waals surface area contributed by atoms with Gasteiger partial charge < -0.3 is 15.8 Å². The lowest BCUT2D eigenvalue weighted by atomic mass is 10.2. The van der Waals surface area contributed by atoms with Gasteiger partial charge in [0.1, 0.15) is 11.4 Å². The van der Waals surface area contributed by atoms with Gasteiger partial charge in [-0.1, -0.05) is 0 Å². The summed E-state index contributed by atoms with van der Waals surface area (Å²) in [4.78, 5) is 15.4. The maximum absolute atomic E-state index is 11.3. The first-order chi connectivity index (χ1) is 7.15. The van der Waals surface area contributed by atoms with Gasteiger partial charge in [0.15, 0.2) is 0 Å². The molecule has 5 heteroatoms. The van der Waals surface area contributed by atoms with Gasteiger partial charge >= 0.3 is 5.97 Å². The number of carbonyl (C=O) groups is 1. The number of hydrogen-bond acceptors (Lipinski definition) is 5. The van der Waals surface area contributed by atoms with E-state index in [2.05, 4.69) is 15.0 Å². The summed E-state index contributed by atoms with van der Waals surface area (Å²) in [7, 11) is 1.34. The van der Waals surface area contributed by atoms with Crippen LogP contribution in [0.15, 0.2) is 18.3 Å². The molecule has 1 aromatic rings. The van der Waals surface area contributed by atoms with Crippen LogP contribution in [0.4, 0.5) is 5.82 Å². The average molecular weight is 209 g/mol. The Balaban J connectivity index is 2.81. The number of anilines is 1. The number of nitrogens with two attached hydrogens (primary N) is 1. The fourth-order valence-electron chi connectivity index (χ4n) is 1.08. The lowest BCUT2D eigenvalue weighted by Crippen LogP contribution is -2.26. The van der Waals surface area contributed by atoms with Crippen LogP contribution >= 0.6 is 0 Å². The molecule has 0 bridgehead atoms. The van der Waals surface area contributed by atoms with Crippen molar-refractivity contribution in [3.63, 3.8) is 0 Å². The van der Waals surface area contributed by atoms with Gasteiger partial charge in [-0.3, -0.25) is 0 Å². The number of rotatable bonds is 4. The van der Waals surface area contributed by atoms with E-state index in [1.807, 2.05) is 6.92 Å². The first-order valence-electron chi connectivity index (χ1n) is 4.68. The molecule has 0 saturated heterocycles. The van der Waals surface area contributed by atoms with Crippen LogP contribution < -0.4 is 11.1 Å². The number of pyridine rings is 1. The molecule has 1 unspecified atom stereocenters. The number of aromatic nitrogens is 1. The van der Waals surface area contributed by atoms with Gasteiger partial charge in [0, 0.05) is 18.8 Å². The Bertz CT molecular complexity index is 339. The Morgan fingerprint density at radius 1 is 1.73 bits per heavy atom. The van der Waals surface area contributed by atoms with Crippen LogP contribution in [-0.4, -0.2) is 30.6 Å². The number of esters is 1. The van der Waals surface area contributed by atoms with Gasteiger partial charge in [-0.15, -0.1) is 0 Å². The molecule has 0 aliphatic heterocycles. The number of ether oxygens (including phenoxy) is 1. The molecule has 0 fully saturated rings. The van der Waals surface area contributed by atoms with E-state index >= 15 is 0 Å². The van der Waals surface area contributed by atoms with Crippen LogP contribution in [0, 0.1) is 0 Å². The summed E-state index contributed by atoms with van der Waals surface area (Å²) < 4.78 is 4.63. The van der Waals surface area contributed by atoms with E-state index in [4.69, 9.17) is 5.73 Å². The van der Waals surface area contributed by atoms with Crippen LogP contribution in [0.1, 0.15) is 17.3 Å². The third kappa shape index (κ3) is 3.21. The second kappa shape index (κ2) is 5.31. The largest absolute Gasteiger partial charge is 0.465 e. The Morgan fingerprint density at radius 2 is 2.47 bits per heavy atom. The number of nitrogens with one attached hydrogen (secondary N) is 1. The minimum absolute atomic E-state index is 0.00231. The van der Waals surface area contributed by atoms with Gasteiger partial charge in [-0.2, -0.15) is 0 Å². The summed E-state index contributed by atoms with van der Waals surface area (Å²) in [6.07, 6.45) is 1.61. The molecule has 3 N–H and O–H groups in total. The standard InChI is InChI=1S/C10H15N3O2/c1-7(11)6-13-9-8(10(14)15-2)4-3-5-12-9/h3-5,7H,6,11H2,1-2H3,(H,12,13). The molecule has 0 saturated carbocycles. The molecule has 0 aliphatic carbocycles. The van der Waals surface area contributed by atoms with Gasteiger partial charge in [0.2, 0.25) is 0 Å². The van der Waals surface area contributed by atoms with Crippen molar-refractivity contribution in [2.45, 2.75) is 13.0 Å². The first-order valence-corrected chi connectivity index (χ1v) is 4.68. The molecule has 1 atom stereocenters. The summed E-state index contributed by atoms with van der Waals surface area (Å²) in [5.74, 6) is 0.0944. The Hall–Kier alpha value is -1.62. The summed E-state index contributed by atoms with van der Waals surface area (Å²) >= 11 is 0. The lowest BCUT2D eigenvalue weighted by Gasteiger charge is -2.10. The van der Waals surface area contributed by atoms with Crippen LogP contribution in [0.2, 0.25) is 0 Å². The van der Waals surface area contributed by atoms with Crippen LogP contribution in [-0.2, 0) is 4.74 Å². The van der Waals surface area contributed by atoms with E-state index in [1.54, 1.807) is 18.3 Å². The fraction of sp³-hybridized carbons (Fsp3) is 0.400. The van der Waals surface area contributed by atoms with Gasteiger partial charge in [0.25, 0.3) is 0 Å². The molecular formula is C10H15N3O2. The first kappa shape index (κ1) is 11.5. The number of carbonyl (C=O) groups excluding carboxylic acids is 1. The fourth-order valence-corrected chi connectivity index (χ4v) is 1.08. The van der Waals surface area contributed by atoms with E-state index in [9.17, 15) is 4.79 Å². The van der Waals surface area contributed by atoms with Crippen molar-refractivity contribution in [3.8, 4) is 0 Å². The monoisotopic (exact) mass is 209 g/mol.